The summed E-state index contributed by atoms with van der Waals surface area (Å²) in [5.41, 5.74) is 4.73. The maximum absolute atomic E-state index is 3.41. The lowest BCUT2D eigenvalue weighted by molar-refractivity contribution is 1.48. The van der Waals surface area contributed by atoms with Crippen molar-refractivity contribution in [2.75, 3.05) is 12.4 Å². The smallest absolute Gasteiger partial charge is 0.0785 e. The van der Waals surface area contributed by atoms with Gasteiger partial charge in [0.1, 0.15) is 0 Å². The monoisotopic (exact) mass is 507 g/mol. The summed E-state index contributed by atoms with van der Waals surface area (Å²) >= 11 is 3.73. The van der Waals surface area contributed by atoms with Crippen LogP contribution in [0.5, 0.6) is 0 Å². The SMILES string of the molecule is CNc1ccc(C#Cc2cc3c(s2)=c2ccc4c5c(ccc=3c25)=c2sc(-c3ccc(C)cc3)cc2=4)cc1. The van der Waals surface area contributed by atoms with Gasteiger partial charge in [-0.1, -0.05) is 65.9 Å². The standard InChI is InChI=1S/C34H21NS2/c1-19-3-8-21(9-4-19)30-18-29-25-14-15-26-31-24(13-16-27(32(25)31)34(29)37-30)28-17-23(36-33(26)28)12-7-20-5-10-22(35-2)11-6-20/h3-6,8-11,13-18,35H,1-2H3. The predicted molar refractivity (Wildman–Crippen MR) is 155 cm³/mol. The third-order valence-electron chi connectivity index (χ3n) is 7.53. The molecule has 1 nitrogen and oxygen atoms in total. The van der Waals surface area contributed by atoms with Gasteiger partial charge in [-0.15, -0.1) is 22.7 Å². The molecule has 174 valence electrons. The number of benzene rings is 4. The lowest BCUT2D eigenvalue weighted by Gasteiger charge is -2.00. The molecule has 2 aromatic heterocycles. The van der Waals surface area contributed by atoms with Crippen LogP contribution in [0.4, 0.5) is 5.69 Å². The second-order valence-electron chi connectivity index (χ2n) is 9.72. The zero-order valence-electron chi connectivity index (χ0n) is 20.4. The van der Waals surface area contributed by atoms with Crippen LogP contribution in [-0.4, -0.2) is 7.05 Å². The molecule has 8 rings (SSSR count). The Labute approximate surface area is 221 Å². The van der Waals surface area contributed by atoms with Gasteiger partial charge in [0.15, 0.2) is 0 Å². The van der Waals surface area contributed by atoms with E-state index in [9.17, 15) is 0 Å². The summed E-state index contributed by atoms with van der Waals surface area (Å²) in [7, 11) is 1.93. The molecule has 4 aromatic carbocycles. The van der Waals surface area contributed by atoms with E-state index in [-0.39, 0.29) is 0 Å². The average molecular weight is 508 g/mol. The molecule has 0 atom stereocenters. The van der Waals surface area contributed by atoms with Crippen molar-refractivity contribution in [3.63, 3.8) is 0 Å². The van der Waals surface area contributed by atoms with Crippen LogP contribution in [0.2, 0.25) is 0 Å². The van der Waals surface area contributed by atoms with Gasteiger partial charge >= 0.3 is 0 Å². The Balaban J connectivity index is 1.33. The highest BCUT2D eigenvalue weighted by Crippen LogP contribution is 2.36. The topological polar surface area (TPSA) is 12.0 Å². The first kappa shape index (κ1) is 21.0. The summed E-state index contributed by atoms with van der Waals surface area (Å²) < 4.78 is 2.75. The molecule has 0 saturated heterocycles. The minimum absolute atomic E-state index is 1.03. The summed E-state index contributed by atoms with van der Waals surface area (Å²) in [6.07, 6.45) is 0. The molecule has 0 unspecified atom stereocenters. The third-order valence-corrected chi connectivity index (χ3v) is 9.84. The second kappa shape index (κ2) is 7.70. The van der Waals surface area contributed by atoms with Crippen LogP contribution in [0.3, 0.4) is 0 Å². The van der Waals surface area contributed by atoms with Gasteiger partial charge in [0.25, 0.3) is 0 Å². The van der Waals surface area contributed by atoms with E-state index < -0.39 is 0 Å². The molecule has 0 fully saturated rings. The minimum atomic E-state index is 1.03. The summed E-state index contributed by atoms with van der Waals surface area (Å²) in [4.78, 5) is 2.46. The zero-order chi connectivity index (χ0) is 24.7. The fourth-order valence-electron chi connectivity index (χ4n) is 5.68. The molecule has 37 heavy (non-hydrogen) atoms. The van der Waals surface area contributed by atoms with Crippen molar-refractivity contribution in [3.05, 3.63) is 141 Å². The van der Waals surface area contributed by atoms with Crippen molar-refractivity contribution in [2.45, 2.75) is 6.92 Å². The summed E-state index contributed by atoms with van der Waals surface area (Å²) in [5.74, 6) is 6.75. The van der Waals surface area contributed by atoms with Crippen LogP contribution < -0.4 is 5.32 Å². The van der Waals surface area contributed by atoms with E-state index in [0.29, 0.717) is 0 Å². The number of hydrogen-bond donors (Lipinski definition) is 1. The van der Waals surface area contributed by atoms with E-state index in [1.807, 2.05) is 29.7 Å². The number of nitrogens with one attached hydrogen (secondary N) is 1. The van der Waals surface area contributed by atoms with Crippen molar-refractivity contribution in [1.29, 1.82) is 0 Å². The molecule has 0 aliphatic heterocycles. The average Bonchev–Trinajstić information content (AvgIpc) is 3.67. The third kappa shape index (κ3) is 3.04. The Bertz CT molecular complexity index is 2270. The van der Waals surface area contributed by atoms with Gasteiger partial charge in [0, 0.05) is 53.1 Å². The highest BCUT2D eigenvalue weighted by Gasteiger charge is 2.16. The molecule has 2 aliphatic carbocycles. The highest BCUT2D eigenvalue weighted by molar-refractivity contribution is 7.13. The molecule has 0 saturated carbocycles. The Kier molecular flexibility index (Phi) is 4.38. The van der Waals surface area contributed by atoms with Crippen LogP contribution in [0.15, 0.2) is 84.9 Å². The molecule has 0 spiro atoms. The van der Waals surface area contributed by atoms with E-state index in [4.69, 9.17) is 0 Å². The van der Waals surface area contributed by atoms with Crippen LogP contribution in [0, 0.1) is 59.1 Å². The Morgan fingerprint density at radius 2 is 1.22 bits per heavy atom. The maximum atomic E-state index is 3.41. The van der Waals surface area contributed by atoms with Gasteiger partial charge in [-0.05, 0) is 70.1 Å². The largest absolute Gasteiger partial charge is 0.388 e. The molecule has 2 heterocycles. The van der Waals surface area contributed by atoms with E-state index in [0.717, 1.165) is 16.1 Å². The lowest BCUT2D eigenvalue weighted by atomic mass is 10.1. The van der Waals surface area contributed by atoms with Crippen molar-refractivity contribution in [1.82, 2.24) is 0 Å². The van der Waals surface area contributed by atoms with Crippen molar-refractivity contribution >= 4 is 39.1 Å². The normalized spacial score (nSPS) is 11.8. The summed E-state index contributed by atoms with van der Waals surface area (Å²) in [6, 6.07) is 31.2. The fraction of sp³-hybridized carbons (Fsp3) is 0.0588. The molecular formula is C34H21NS2. The van der Waals surface area contributed by atoms with Crippen LogP contribution in [-0.2, 0) is 0 Å². The second-order valence-corrected chi connectivity index (χ2v) is 11.8. The van der Waals surface area contributed by atoms with Gasteiger partial charge in [-0.2, -0.15) is 0 Å². The minimum Gasteiger partial charge on any atom is -0.388 e. The molecule has 0 amide bonds. The lowest BCUT2D eigenvalue weighted by Crippen LogP contribution is -1.86. The first-order valence-corrected chi connectivity index (χ1v) is 14.1. The molecule has 3 heteroatoms. The maximum Gasteiger partial charge on any atom is 0.0785 e. The predicted octanol–water partition coefficient (Wildman–Crippen LogP) is 8.15. The fourth-order valence-corrected chi connectivity index (χ4v) is 7.95. The van der Waals surface area contributed by atoms with Gasteiger partial charge < -0.3 is 5.32 Å². The molecule has 0 bridgehead atoms. The van der Waals surface area contributed by atoms with E-state index in [1.54, 1.807) is 0 Å². The quantitative estimate of drug-likeness (QED) is 0.233. The number of hydrogen-bond acceptors (Lipinski definition) is 3. The zero-order valence-corrected chi connectivity index (χ0v) is 22.0. The van der Waals surface area contributed by atoms with Crippen LogP contribution >= 0.6 is 22.7 Å². The van der Waals surface area contributed by atoms with Gasteiger partial charge in [-0.25, -0.2) is 0 Å². The van der Waals surface area contributed by atoms with Gasteiger partial charge in [0.05, 0.1) is 4.88 Å². The van der Waals surface area contributed by atoms with Crippen molar-refractivity contribution in [3.8, 4) is 22.3 Å². The van der Waals surface area contributed by atoms with E-state index >= 15 is 0 Å². The van der Waals surface area contributed by atoms with Gasteiger partial charge in [0.2, 0.25) is 0 Å². The summed E-state index contributed by atoms with van der Waals surface area (Å²) in [5, 5.41) is 14.2. The Morgan fingerprint density at radius 1 is 0.595 bits per heavy atom. The number of fused-ring (bicyclic) bond motifs is 2. The molecular weight excluding hydrogens is 487 g/mol. The molecule has 6 aromatic rings. The van der Waals surface area contributed by atoms with Crippen LogP contribution in [0.1, 0.15) is 16.0 Å². The number of anilines is 1. The molecule has 2 aliphatic rings. The number of aryl methyl sites for hydroxylation is 1. The van der Waals surface area contributed by atoms with Crippen LogP contribution in [0.25, 0.3) is 21.2 Å². The Morgan fingerprint density at radius 3 is 1.89 bits per heavy atom. The first-order valence-electron chi connectivity index (χ1n) is 12.4. The van der Waals surface area contributed by atoms with E-state index in [2.05, 4.69) is 109 Å². The summed E-state index contributed by atoms with van der Waals surface area (Å²) in [6.45, 7) is 2.14. The van der Waals surface area contributed by atoms with Crippen molar-refractivity contribution in [2.24, 2.45) is 0 Å². The van der Waals surface area contributed by atoms with Gasteiger partial charge in [-0.3, -0.25) is 0 Å². The first-order chi connectivity index (χ1) is 18.2. The number of thiophene rings is 2. The molecule has 0 radical (unpaired) electrons. The molecule has 1 N–H and O–H groups in total. The highest BCUT2D eigenvalue weighted by atomic mass is 32.1. The number of rotatable bonds is 2. The Hall–Kier alpha value is -4.10. The van der Waals surface area contributed by atoms with Crippen molar-refractivity contribution < 1.29 is 0 Å². The van der Waals surface area contributed by atoms with E-state index in [1.165, 1.54) is 67.2 Å².